The van der Waals surface area contributed by atoms with E-state index in [4.69, 9.17) is 0 Å². The Labute approximate surface area is 187 Å². The molecule has 1 heterocycles. The molecule has 174 valence electrons. The quantitative estimate of drug-likeness (QED) is 0.467. The number of nitrogens with one attached hydrogen (secondary N) is 2. The van der Waals surface area contributed by atoms with E-state index in [1.54, 1.807) is 18.2 Å². The Bertz CT molecular complexity index is 1190. The molecule has 0 aliphatic heterocycles. The monoisotopic (exact) mass is 463 g/mol. The van der Waals surface area contributed by atoms with E-state index in [-0.39, 0.29) is 28.7 Å². The van der Waals surface area contributed by atoms with Crippen molar-refractivity contribution in [2.45, 2.75) is 50.9 Å². The Hall–Kier alpha value is -3.23. The van der Waals surface area contributed by atoms with Crippen LogP contribution in [0.1, 0.15) is 47.3 Å². The fraction of sp³-hybridized carbons (Fsp3) is 0.333. The van der Waals surface area contributed by atoms with Crippen molar-refractivity contribution in [2.24, 2.45) is 0 Å². The van der Waals surface area contributed by atoms with Gasteiger partial charge in [0.05, 0.1) is 11.1 Å². The highest BCUT2D eigenvalue weighted by molar-refractivity contribution is 5.95. The Morgan fingerprint density at radius 3 is 2.33 bits per heavy atom. The highest BCUT2D eigenvalue weighted by atomic mass is 19.4. The lowest BCUT2D eigenvalue weighted by Gasteiger charge is -2.30. The number of amides is 1. The van der Waals surface area contributed by atoms with E-state index in [1.807, 2.05) is 0 Å². The number of anilines is 1. The fourth-order valence-electron chi connectivity index (χ4n) is 4.13. The van der Waals surface area contributed by atoms with Crippen molar-refractivity contribution in [1.29, 1.82) is 0 Å². The number of hydrogen-bond acceptors (Lipinski definition) is 3. The Balaban J connectivity index is 1.42. The van der Waals surface area contributed by atoms with Crippen molar-refractivity contribution < 1.29 is 26.7 Å². The second kappa shape index (κ2) is 8.96. The average Bonchev–Trinajstić information content (AvgIpc) is 2.78. The fourth-order valence-corrected chi connectivity index (χ4v) is 4.13. The molecule has 33 heavy (non-hydrogen) atoms. The Morgan fingerprint density at radius 1 is 0.970 bits per heavy atom. The van der Waals surface area contributed by atoms with Crippen LogP contribution >= 0.6 is 0 Å². The zero-order valence-corrected chi connectivity index (χ0v) is 17.8. The summed E-state index contributed by atoms with van der Waals surface area (Å²) in [5, 5.41) is 6.53. The van der Waals surface area contributed by atoms with Crippen molar-refractivity contribution in [3.05, 3.63) is 70.9 Å². The van der Waals surface area contributed by atoms with E-state index >= 15 is 0 Å². The van der Waals surface area contributed by atoms with Gasteiger partial charge in [0.15, 0.2) is 11.6 Å². The molecule has 3 aromatic rings. The third-order valence-corrected chi connectivity index (χ3v) is 5.95. The number of alkyl halides is 3. The van der Waals surface area contributed by atoms with Gasteiger partial charge in [-0.05, 0) is 56.4 Å². The summed E-state index contributed by atoms with van der Waals surface area (Å²) >= 11 is 0. The van der Waals surface area contributed by atoms with Crippen LogP contribution in [0, 0.1) is 18.6 Å². The van der Waals surface area contributed by atoms with Gasteiger partial charge in [-0.15, -0.1) is 0 Å². The summed E-state index contributed by atoms with van der Waals surface area (Å²) in [5.74, 6) is -2.90. The van der Waals surface area contributed by atoms with E-state index in [2.05, 4.69) is 15.6 Å². The molecule has 4 rings (SSSR count). The first-order valence-electron chi connectivity index (χ1n) is 10.6. The van der Waals surface area contributed by atoms with Crippen LogP contribution in [0.3, 0.4) is 0 Å². The van der Waals surface area contributed by atoms with E-state index in [9.17, 15) is 26.7 Å². The van der Waals surface area contributed by atoms with Gasteiger partial charge < -0.3 is 10.6 Å². The highest BCUT2D eigenvalue weighted by Gasteiger charge is 2.34. The van der Waals surface area contributed by atoms with Gasteiger partial charge in [0, 0.05) is 23.2 Å². The highest BCUT2D eigenvalue weighted by Crippen LogP contribution is 2.34. The summed E-state index contributed by atoms with van der Waals surface area (Å²) in [6.07, 6.45) is -2.28. The molecule has 0 spiro atoms. The number of nitrogens with zero attached hydrogens (tertiary/aromatic N) is 1. The zero-order chi connectivity index (χ0) is 23.8. The summed E-state index contributed by atoms with van der Waals surface area (Å²) in [7, 11) is 0. The number of carbonyl (C=O) groups excluding carboxylic acids is 1. The number of halogens is 5. The van der Waals surface area contributed by atoms with Gasteiger partial charge in [-0.2, -0.15) is 13.2 Å². The summed E-state index contributed by atoms with van der Waals surface area (Å²) < 4.78 is 67.7. The molecule has 4 nitrogen and oxygen atoms in total. The SMILES string of the molecule is Cc1ccc(C(=O)NC2CCC(Nc3cc(C(F)(F)F)nc4ccccc34)CC2)c(F)c1F. The molecule has 9 heteroatoms. The normalized spacial score (nSPS) is 18.8. The van der Waals surface area contributed by atoms with Crippen molar-refractivity contribution in [3.63, 3.8) is 0 Å². The number of fused-ring (bicyclic) bond motifs is 1. The first kappa shape index (κ1) is 22.9. The van der Waals surface area contributed by atoms with Crippen LogP contribution in [0.4, 0.5) is 27.6 Å². The first-order chi connectivity index (χ1) is 15.6. The molecule has 1 amide bonds. The largest absolute Gasteiger partial charge is 0.433 e. The molecule has 1 aromatic heterocycles. The van der Waals surface area contributed by atoms with Gasteiger partial charge in [-0.3, -0.25) is 4.79 Å². The van der Waals surface area contributed by atoms with Crippen molar-refractivity contribution in [1.82, 2.24) is 10.3 Å². The topological polar surface area (TPSA) is 54.0 Å². The van der Waals surface area contributed by atoms with Crippen LogP contribution < -0.4 is 10.6 Å². The third kappa shape index (κ3) is 4.91. The number of para-hydroxylation sites is 1. The second-order valence-corrected chi connectivity index (χ2v) is 8.29. The number of benzene rings is 2. The maximum Gasteiger partial charge on any atom is 0.433 e. The lowest BCUT2D eigenvalue weighted by atomic mass is 9.90. The first-order valence-corrected chi connectivity index (χ1v) is 10.6. The number of aromatic nitrogens is 1. The van der Waals surface area contributed by atoms with Gasteiger partial charge in [0.25, 0.3) is 5.91 Å². The summed E-state index contributed by atoms with van der Waals surface area (Å²) in [6.45, 7) is 1.41. The van der Waals surface area contributed by atoms with Crippen molar-refractivity contribution >= 4 is 22.5 Å². The minimum atomic E-state index is -4.56. The van der Waals surface area contributed by atoms with Crippen molar-refractivity contribution in [2.75, 3.05) is 5.32 Å². The van der Waals surface area contributed by atoms with Crippen molar-refractivity contribution in [3.8, 4) is 0 Å². The van der Waals surface area contributed by atoms with E-state index in [0.717, 1.165) is 6.07 Å². The van der Waals surface area contributed by atoms with Crippen LogP contribution in [0.5, 0.6) is 0 Å². The number of carbonyl (C=O) groups is 1. The summed E-state index contributed by atoms with van der Waals surface area (Å²) in [4.78, 5) is 16.1. The number of pyridine rings is 1. The lowest BCUT2D eigenvalue weighted by Crippen LogP contribution is -2.40. The van der Waals surface area contributed by atoms with Gasteiger partial charge >= 0.3 is 6.18 Å². The van der Waals surface area contributed by atoms with Crippen LogP contribution in [0.25, 0.3) is 10.9 Å². The molecule has 0 atom stereocenters. The van der Waals surface area contributed by atoms with Gasteiger partial charge in [-0.25, -0.2) is 13.8 Å². The average molecular weight is 463 g/mol. The third-order valence-electron chi connectivity index (χ3n) is 5.95. The molecule has 1 aliphatic rings. The minimum absolute atomic E-state index is 0.0985. The molecule has 0 radical (unpaired) electrons. The number of hydrogen-bond donors (Lipinski definition) is 2. The lowest BCUT2D eigenvalue weighted by molar-refractivity contribution is -0.140. The van der Waals surface area contributed by atoms with Gasteiger partial charge in [0.2, 0.25) is 0 Å². The predicted octanol–water partition coefficient (Wildman–Crippen LogP) is 5.99. The molecule has 0 bridgehead atoms. The molecule has 2 aromatic carbocycles. The Morgan fingerprint density at radius 2 is 1.64 bits per heavy atom. The molecule has 1 aliphatic carbocycles. The molecule has 2 N–H and O–H groups in total. The van der Waals surface area contributed by atoms with Gasteiger partial charge in [0.1, 0.15) is 5.69 Å². The zero-order valence-electron chi connectivity index (χ0n) is 17.8. The Kier molecular flexibility index (Phi) is 6.23. The van der Waals surface area contributed by atoms with Crippen LogP contribution in [-0.2, 0) is 6.18 Å². The van der Waals surface area contributed by atoms with Crippen LogP contribution in [-0.4, -0.2) is 23.0 Å². The predicted molar refractivity (Wildman–Crippen MR) is 115 cm³/mol. The summed E-state index contributed by atoms with van der Waals surface area (Å²) in [6, 6.07) is 9.91. The molecular weight excluding hydrogens is 441 g/mol. The molecule has 1 saturated carbocycles. The molecule has 1 fully saturated rings. The van der Waals surface area contributed by atoms with Crippen LogP contribution in [0.2, 0.25) is 0 Å². The number of aryl methyl sites for hydroxylation is 1. The van der Waals surface area contributed by atoms with Crippen LogP contribution in [0.15, 0.2) is 42.5 Å². The molecule has 0 saturated heterocycles. The second-order valence-electron chi connectivity index (χ2n) is 8.29. The maximum absolute atomic E-state index is 14.1. The van der Waals surface area contributed by atoms with E-state index < -0.39 is 29.4 Å². The standard InChI is InChI=1S/C24H22F5N3O/c1-13-6-11-17(22(26)21(13)25)23(33)31-15-9-7-14(8-10-15)30-19-12-20(24(27,28)29)32-18-5-3-2-4-16(18)19/h2-6,11-12,14-15H,7-10H2,1H3,(H,30,32)(H,31,33). The van der Waals surface area contributed by atoms with Gasteiger partial charge in [-0.1, -0.05) is 24.3 Å². The van der Waals surface area contributed by atoms with E-state index in [0.29, 0.717) is 36.8 Å². The molecule has 0 unspecified atom stereocenters. The molecular formula is C24H22F5N3O. The van der Waals surface area contributed by atoms with E-state index in [1.165, 1.54) is 25.1 Å². The minimum Gasteiger partial charge on any atom is -0.382 e. The smallest absolute Gasteiger partial charge is 0.382 e. The number of rotatable bonds is 4. The summed E-state index contributed by atoms with van der Waals surface area (Å²) in [5.41, 5.74) is -0.577. The maximum atomic E-state index is 14.1.